The zero-order chi connectivity index (χ0) is 11.1. The highest BCUT2D eigenvalue weighted by atomic mass is 16.5. The van der Waals surface area contributed by atoms with Crippen molar-refractivity contribution in [3.8, 4) is 0 Å². The number of hydrogen-bond acceptors (Lipinski definition) is 3. The number of hydrogen-bond donors (Lipinski definition) is 2. The Kier molecular flexibility index (Phi) is 5.05. The molecule has 0 aromatic heterocycles. The summed E-state index contributed by atoms with van der Waals surface area (Å²) in [7, 11) is 0. The lowest BCUT2D eigenvalue weighted by atomic mass is 9.89. The second kappa shape index (κ2) is 6.08. The van der Waals surface area contributed by atoms with Gasteiger partial charge in [0.05, 0.1) is 13.2 Å². The number of rotatable bonds is 7. The highest BCUT2D eigenvalue weighted by Gasteiger charge is 2.32. The predicted molar refractivity (Wildman–Crippen MR) is 59.7 cm³/mol. The summed E-state index contributed by atoms with van der Waals surface area (Å²) in [5, 5.41) is 6.15. The van der Waals surface area contributed by atoms with Crippen LogP contribution in [0.25, 0.3) is 0 Å². The Morgan fingerprint density at radius 2 is 2.13 bits per heavy atom. The van der Waals surface area contributed by atoms with Gasteiger partial charge in [0.1, 0.15) is 0 Å². The SMILES string of the molecule is CCCNC(=O)CCNCC1(C)COC1. The van der Waals surface area contributed by atoms with Crippen LogP contribution in [0.2, 0.25) is 0 Å². The van der Waals surface area contributed by atoms with Crippen molar-refractivity contribution in [3.63, 3.8) is 0 Å². The molecule has 0 aromatic carbocycles. The van der Waals surface area contributed by atoms with Gasteiger partial charge in [0.15, 0.2) is 0 Å². The molecule has 1 fully saturated rings. The van der Waals surface area contributed by atoms with Crippen molar-refractivity contribution in [2.75, 3.05) is 32.8 Å². The molecular weight excluding hydrogens is 192 g/mol. The van der Waals surface area contributed by atoms with Gasteiger partial charge < -0.3 is 15.4 Å². The van der Waals surface area contributed by atoms with E-state index < -0.39 is 0 Å². The van der Waals surface area contributed by atoms with Crippen molar-refractivity contribution < 1.29 is 9.53 Å². The Hall–Kier alpha value is -0.610. The number of carbonyl (C=O) groups excluding carboxylic acids is 1. The van der Waals surface area contributed by atoms with Gasteiger partial charge >= 0.3 is 0 Å². The van der Waals surface area contributed by atoms with Gasteiger partial charge in [-0.05, 0) is 6.42 Å². The van der Waals surface area contributed by atoms with Gasteiger partial charge in [0, 0.05) is 31.5 Å². The van der Waals surface area contributed by atoms with Gasteiger partial charge in [-0.1, -0.05) is 13.8 Å². The zero-order valence-electron chi connectivity index (χ0n) is 9.77. The van der Waals surface area contributed by atoms with Gasteiger partial charge in [0.25, 0.3) is 0 Å². The van der Waals surface area contributed by atoms with Crippen LogP contribution >= 0.6 is 0 Å². The molecule has 2 N–H and O–H groups in total. The second-order valence-corrected chi connectivity index (χ2v) is 4.58. The summed E-state index contributed by atoms with van der Waals surface area (Å²) in [6.45, 7) is 8.39. The van der Waals surface area contributed by atoms with E-state index in [9.17, 15) is 4.79 Å². The fourth-order valence-electron chi connectivity index (χ4n) is 1.50. The first-order chi connectivity index (χ1) is 7.16. The van der Waals surface area contributed by atoms with Crippen molar-refractivity contribution in [3.05, 3.63) is 0 Å². The Morgan fingerprint density at radius 1 is 1.40 bits per heavy atom. The Balaban J connectivity index is 1.94. The molecule has 0 saturated carbocycles. The molecule has 1 aliphatic rings. The van der Waals surface area contributed by atoms with Crippen molar-refractivity contribution >= 4 is 5.91 Å². The molecule has 1 saturated heterocycles. The van der Waals surface area contributed by atoms with Crippen LogP contribution in [0, 0.1) is 5.41 Å². The summed E-state index contributed by atoms with van der Waals surface area (Å²) in [5.74, 6) is 0.138. The minimum Gasteiger partial charge on any atom is -0.380 e. The molecule has 0 atom stereocenters. The normalized spacial score (nSPS) is 18.3. The third-order valence-electron chi connectivity index (χ3n) is 2.55. The van der Waals surface area contributed by atoms with Crippen LogP contribution in [-0.2, 0) is 9.53 Å². The third-order valence-corrected chi connectivity index (χ3v) is 2.55. The third kappa shape index (κ3) is 4.62. The molecule has 0 radical (unpaired) electrons. The van der Waals surface area contributed by atoms with Crippen LogP contribution in [-0.4, -0.2) is 38.8 Å². The molecule has 0 aromatic rings. The summed E-state index contributed by atoms with van der Waals surface area (Å²) in [5.41, 5.74) is 0.292. The maximum atomic E-state index is 11.2. The first-order valence-corrected chi connectivity index (χ1v) is 5.71. The maximum absolute atomic E-state index is 11.2. The Bertz CT molecular complexity index is 203. The minimum absolute atomic E-state index is 0.138. The van der Waals surface area contributed by atoms with Crippen molar-refractivity contribution in [1.29, 1.82) is 0 Å². The Labute approximate surface area is 91.8 Å². The lowest BCUT2D eigenvalue weighted by molar-refractivity contribution is -0.121. The standard InChI is InChI=1S/C11H22N2O2/c1-3-5-13-10(14)4-6-12-7-11(2)8-15-9-11/h12H,3-9H2,1-2H3,(H,13,14). The van der Waals surface area contributed by atoms with Gasteiger partial charge in [-0.3, -0.25) is 4.79 Å². The van der Waals surface area contributed by atoms with Crippen LogP contribution in [0.1, 0.15) is 26.7 Å². The van der Waals surface area contributed by atoms with Gasteiger partial charge in [0.2, 0.25) is 5.91 Å². The molecule has 4 nitrogen and oxygen atoms in total. The van der Waals surface area contributed by atoms with E-state index in [1.165, 1.54) is 0 Å². The average Bonchev–Trinajstić information content (AvgIpc) is 2.19. The summed E-state index contributed by atoms with van der Waals surface area (Å²) in [6.07, 6.45) is 1.56. The first-order valence-electron chi connectivity index (χ1n) is 5.71. The van der Waals surface area contributed by atoms with E-state index in [0.29, 0.717) is 11.8 Å². The molecule has 4 heteroatoms. The van der Waals surface area contributed by atoms with E-state index in [4.69, 9.17) is 4.74 Å². The molecule has 1 heterocycles. The van der Waals surface area contributed by atoms with Crippen molar-refractivity contribution in [2.24, 2.45) is 5.41 Å². The molecule has 0 aliphatic carbocycles. The highest BCUT2D eigenvalue weighted by molar-refractivity contribution is 5.75. The molecule has 0 spiro atoms. The lowest BCUT2D eigenvalue weighted by Crippen LogP contribution is -2.47. The summed E-state index contributed by atoms with van der Waals surface area (Å²) in [4.78, 5) is 11.2. The van der Waals surface area contributed by atoms with E-state index >= 15 is 0 Å². The zero-order valence-corrected chi connectivity index (χ0v) is 9.77. The first kappa shape index (κ1) is 12.5. The fraction of sp³-hybridized carbons (Fsp3) is 0.909. The van der Waals surface area contributed by atoms with Gasteiger partial charge in [-0.25, -0.2) is 0 Å². The molecule has 1 amide bonds. The molecule has 1 aliphatic heterocycles. The van der Waals surface area contributed by atoms with Crippen LogP contribution in [0.15, 0.2) is 0 Å². The van der Waals surface area contributed by atoms with Crippen LogP contribution in [0.3, 0.4) is 0 Å². The van der Waals surface area contributed by atoms with Crippen molar-refractivity contribution in [2.45, 2.75) is 26.7 Å². The van der Waals surface area contributed by atoms with E-state index in [0.717, 1.165) is 39.3 Å². The predicted octanol–water partition coefficient (Wildman–Crippen LogP) is 0.529. The van der Waals surface area contributed by atoms with E-state index in [2.05, 4.69) is 24.5 Å². The number of nitrogens with one attached hydrogen (secondary N) is 2. The molecule has 0 unspecified atom stereocenters. The van der Waals surface area contributed by atoms with Crippen LogP contribution in [0.4, 0.5) is 0 Å². The van der Waals surface area contributed by atoms with E-state index in [-0.39, 0.29) is 5.91 Å². The van der Waals surface area contributed by atoms with E-state index in [1.807, 2.05) is 0 Å². The Morgan fingerprint density at radius 3 is 2.67 bits per heavy atom. The lowest BCUT2D eigenvalue weighted by Gasteiger charge is -2.38. The smallest absolute Gasteiger partial charge is 0.221 e. The average molecular weight is 214 g/mol. The highest BCUT2D eigenvalue weighted by Crippen LogP contribution is 2.24. The quantitative estimate of drug-likeness (QED) is 0.608. The number of amides is 1. The van der Waals surface area contributed by atoms with Gasteiger partial charge in [-0.2, -0.15) is 0 Å². The molecule has 88 valence electrons. The van der Waals surface area contributed by atoms with E-state index in [1.54, 1.807) is 0 Å². The van der Waals surface area contributed by atoms with Gasteiger partial charge in [-0.15, -0.1) is 0 Å². The molecular formula is C11H22N2O2. The second-order valence-electron chi connectivity index (χ2n) is 4.58. The number of carbonyl (C=O) groups is 1. The molecule has 1 rings (SSSR count). The largest absolute Gasteiger partial charge is 0.380 e. The molecule has 0 bridgehead atoms. The maximum Gasteiger partial charge on any atom is 0.221 e. The summed E-state index contributed by atoms with van der Waals surface area (Å²) in [6, 6.07) is 0. The minimum atomic E-state index is 0.138. The topological polar surface area (TPSA) is 50.4 Å². The van der Waals surface area contributed by atoms with Crippen LogP contribution < -0.4 is 10.6 Å². The fourth-order valence-corrected chi connectivity index (χ4v) is 1.50. The monoisotopic (exact) mass is 214 g/mol. The number of ether oxygens (including phenoxy) is 1. The summed E-state index contributed by atoms with van der Waals surface area (Å²) >= 11 is 0. The van der Waals surface area contributed by atoms with Crippen LogP contribution in [0.5, 0.6) is 0 Å². The summed E-state index contributed by atoms with van der Waals surface area (Å²) < 4.78 is 5.15. The van der Waals surface area contributed by atoms with Crippen molar-refractivity contribution in [1.82, 2.24) is 10.6 Å². The molecule has 15 heavy (non-hydrogen) atoms.